The molecule has 112 valence electrons. The van der Waals surface area contributed by atoms with Crippen LogP contribution in [0.1, 0.15) is 52.9 Å². The SMILES string of the molecule is C=C(N=C(C)C1C2CNCC1C2)C1CCC(C)(C)CC1. The molecule has 0 spiro atoms. The van der Waals surface area contributed by atoms with Crippen LogP contribution in [0, 0.1) is 29.1 Å². The molecule has 0 radical (unpaired) electrons. The van der Waals surface area contributed by atoms with Crippen molar-refractivity contribution < 1.29 is 0 Å². The maximum atomic E-state index is 4.95. The summed E-state index contributed by atoms with van der Waals surface area (Å²) in [6, 6.07) is 0. The van der Waals surface area contributed by atoms with Gasteiger partial charge < -0.3 is 5.32 Å². The predicted octanol–water partition coefficient (Wildman–Crippen LogP) is 4.03. The monoisotopic (exact) mass is 274 g/mol. The van der Waals surface area contributed by atoms with Gasteiger partial charge >= 0.3 is 0 Å². The molecule has 3 rings (SSSR count). The second-order valence-corrected chi connectivity index (χ2v) is 8.12. The molecule has 2 unspecified atom stereocenters. The van der Waals surface area contributed by atoms with Crippen molar-refractivity contribution in [1.82, 2.24) is 5.32 Å². The van der Waals surface area contributed by atoms with E-state index < -0.39 is 0 Å². The minimum atomic E-state index is 0.534. The number of hydrogen-bond donors (Lipinski definition) is 1. The summed E-state index contributed by atoms with van der Waals surface area (Å²) in [5, 5.41) is 3.52. The van der Waals surface area contributed by atoms with E-state index in [1.54, 1.807) is 0 Å². The lowest BCUT2D eigenvalue weighted by atomic mass is 9.60. The molecule has 20 heavy (non-hydrogen) atoms. The fourth-order valence-electron chi connectivity index (χ4n) is 4.55. The molecule has 2 heteroatoms. The van der Waals surface area contributed by atoms with Crippen LogP contribution in [0.3, 0.4) is 0 Å². The molecule has 2 nitrogen and oxygen atoms in total. The molecular weight excluding hydrogens is 244 g/mol. The highest BCUT2D eigenvalue weighted by Gasteiger charge is 2.45. The van der Waals surface area contributed by atoms with Gasteiger partial charge in [-0.3, -0.25) is 4.99 Å². The number of rotatable bonds is 3. The van der Waals surface area contributed by atoms with Gasteiger partial charge in [0, 0.05) is 23.2 Å². The first-order valence-electron chi connectivity index (χ1n) is 8.41. The zero-order valence-corrected chi connectivity index (χ0v) is 13.4. The van der Waals surface area contributed by atoms with Crippen LogP contribution in [0.15, 0.2) is 17.3 Å². The van der Waals surface area contributed by atoms with Gasteiger partial charge in [0.25, 0.3) is 0 Å². The molecule has 0 aromatic rings. The van der Waals surface area contributed by atoms with E-state index in [-0.39, 0.29) is 0 Å². The second-order valence-electron chi connectivity index (χ2n) is 8.12. The van der Waals surface area contributed by atoms with E-state index in [4.69, 9.17) is 4.99 Å². The molecule has 2 bridgehead atoms. The summed E-state index contributed by atoms with van der Waals surface area (Å²) in [5.41, 5.74) is 3.06. The van der Waals surface area contributed by atoms with Crippen molar-refractivity contribution in [2.75, 3.05) is 13.1 Å². The van der Waals surface area contributed by atoms with Gasteiger partial charge in [-0.1, -0.05) is 20.4 Å². The van der Waals surface area contributed by atoms with Gasteiger partial charge in [-0.25, -0.2) is 0 Å². The number of hydrogen-bond acceptors (Lipinski definition) is 2. The zero-order chi connectivity index (χ0) is 14.3. The minimum Gasteiger partial charge on any atom is -0.316 e. The Kier molecular flexibility index (Phi) is 3.79. The van der Waals surface area contributed by atoms with Crippen molar-refractivity contribution in [2.45, 2.75) is 52.9 Å². The number of allylic oxidation sites excluding steroid dienone is 1. The van der Waals surface area contributed by atoms with E-state index >= 15 is 0 Å². The third-order valence-electron chi connectivity index (χ3n) is 6.05. The van der Waals surface area contributed by atoms with Crippen LogP contribution in [-0.4, -0.2) is 18.8 Å². The molecule has 2 atom stereocenters. The van der Waals surface area contributed by atoms with Crippen molar-refractivity contribution in [1.29, 1.82) is 0 Å². The van der Waals surface area contributed by atoms with Crippen LogP contribution in [0.2, 0.25) is 0 Å². The second kappa shape index (κ2) is 5.29. The van der Waals surface area contributed by atoms with Crippen LogP contribution < -0.4 is 5.32 Å². The summed E-state index contributed by atoms with van der Waals surface area (Å²) in [7, 11) is 0. The molecule has 3 aliphatic rings. The van der Waals surface area contributed by atoms with E-state index in [0.717, 1.165) is 23.5 Å². The third-order valence-corrected chi connectivity index (χ3v) is 6.05. The highest BCUT2D eigenvalue weighted by atomic mass is 14.9. The van der Waals surface area contributed by atoms with Gasteiger partial charge in [-0.05, 0) is 69.4 Å². The molecule has 2 saturated carbocycles. The van der Waals surface area contributed by atoms with Gasteiger partial charge in [-0.2, -0.15) is 0 Å². The summed E-state index contributed by atoms with van der Waals surface area (Å²) in [6.45, 7) is 13.7. The number of nitrogens with zero attached hydrogens (tertiary/aromatic N) is 1. The van der Waals surface area contributed by atoms with E-state index in [9.17, 15) is 0 Å². The molecule has 3 fully saturated rings. The summed E-state index contributed by atoms with van der Waals surface area (Å²) < 4.78 is 0. The average Bonchev–Trinajstić information content (AvgIpc) is 2.39. The summed E-state index contributed by atoms with van der Waals surface area (Å²) in [4.78, 5) is 4.95. The van der Waals surface area contributed by atoms with Crippen molar-refractivity contribution in [3.8, 4) is 0 Å². The van der Waals surface area contributed by atoms with Gasteiger partial charge in [0.2, 0.25) is 0 Å². The lowest BCUT2D eigenvalue weighted by Gasteiger charge is -2.50. The first-order valence-corrected chi connectivity index (χ1v) is 8.41. The predicted molar refractivity (Wildman–Crippen MR) is 85.9 cm³/mol. The Labute approximate surface area is 124 Å². The summed E-state index contributed by atoms with van der Waals surface area (Å²) in [5.74, 6) is 3.07. The Balaban J connectivity index is 1.59. The van der Waals surface area contributed by atoms with Gasteiger partial charge in [0.15, 0.2) is 0 Å². The highest BCUT2D eigenvalue weighted by Crippen LogP contribution is 2.44. The normalized spacial score (nSPS) is 37.4. The van der Waals surface area contributed by atoms with Crippen LogP contribution in [0.5, 0.6) is 0 Å². The fourth-order valence-corrected chi connectivity index (χ4v) is 4.55. The van der Waals surface area contributed by atoms with Gasteiger partial charge in [-0.15, -0.1) is 0 Å². The Morgan fingerprint density at radius 2 is 1.75 bits per heavy atom. The Morgan fingerprint density at radius 3 is 2.30 bits per heavy atom. The van der Waals surface area contributed by atoms with E-state index in [0.29, 0.717) is 11.3 Å². The van der Waals surface area contributed by atoms with Crippen molar-refractivity contribution in [3.63, 3.8) is 0 Å². The molecule has 1 aliphatic heterocycles. The van der Waals surface area contributed by atoms with E-state index in [1.807, 2.05) is 0 Å². The summed E-state index contributed by atoms with van der Waals surface area (Å²) in [6.07, 6.45) is 6.62. The molecule has 1 saturated heterocycles. The minimum absolute atomic E-state index is 0.534. The quantitative estimate of drug-likeness (QED) is 0.772. The number of piperidine rings is 2. The average molecular weight is 274 g/mol. The van der Waals surface area contributed by atoms with Crippen LogP contribution >= 0.6 is 0 Å². The Hall–Kier alpha value is -0.630. The standard InChI is InChI=1S/C18H30N2/c1-12(14-5-7-18(3,4)8-6-14)20-13(2)17-15-9-16(17)11-19-10-15/h14-17,19H,1,5-11H2,2-4H3. The van der Waals surface area contributed by atoms with Crippen LogP contribution in [-0.2, 0) is 0 Å². The molecule has 2 aliphatic carbocycles. The number of nitrogens with one attached hydrogen (secondary N) is 1. The van der Waals surface area contributed by atoms with Gasteiger partial charge in [0.05, 0.1) is 0 Å². The third kappa shape index (κ3) is 2.72. The lowest BCUT2D eigenvalue weighted by molar-refractivity contribution is 0.0819. The number of fused-ring (bicyclic) bond motifs is 2. The molecular formula is C18H30N2. The van der Waals surface area contributed by atoms with Gasteiger partial charge in [0.1, 0.15) is 0 Å². The fraction of sp³-hybridized carbons (Fsp3) is 0.833. The van der Waals surface area contributed by atoms with E-state index in [2.05, 4.69) is 32.7 Å². The van der Waals surface area contributed by atoms with Crippen molar-refractivity contribution in [3.05, 3.63) is 12.3 Å². The molecule has 0 aromatic heterocycles. The zero-order valence-electron chi connectivity index (χ0n) is 13.4. The first-order chi connectivity index (χ1) is 9.46. The maximum absolute atomic E-state index is 4.95. The highest BCUT2D eigenvalue weighted by molar-refractivity contribution is 5.86. The van der Waals surface area contributed by atoms with E-state index in [1.165, 1.54) is 50.9 Å². The largest absolute Gasteiger partial charge is 0.316 e. The molecule has 1 heterocycles. The molecule has 1 N–H and O–H groups in total. The number of aliphatic imine (C=N–C) groups is 1. The van der Waals surface area contributed by atoms with Crippen LogP contribution in [0.25, 0.3) is 0 Å². The topological polar surface area (TPSA) is 24.4 Å². The Morgan fingerprint density at radius 1 is 1.15 bits per heavy atom. The Bertz CT molecular complexity index is 397. The molecule has 0 aromatic carbocycles. The van der Waals surface area contributed by atoms with Crippen molar-refractivity contribution >= 4 is 5.71 Å². The lowest BCUT2D eigenvalue weighted by Crippen LogP contribution is -2.55. The molecule has 0 amide bonds. The summed E-state index contributed by atoms with van der Waals surface area (Å²) >= 11 is 0. The van der Waals surface area contributed by atoms with Crippen molar-refractivity contribution in [2.24, 2.45) is 34.1 Å². The maximum Gasteiger partial charge on any atom is 0.0362 e. The first kappa shape index (κ1) is 14.3. The van der Waals surface area contributed by atoms with Crippen LogP contribution in [0.4, 0.5) is 0 Å². The smallest absolute Gasteiger partial charge is 0.0362 e.